The Bertz CT molecular complexity index is 392. The number of carbonyl (C=O) groups is 1. The molecule has 0 bridgehead atoms. The van der Waals surface area contributed by atoms with Gasteiger partial charge < -0.3 is 11.1 Å². The predicted molar refractivity (Wildman–Crippen MR) is 62.1 cm³/mol. The lowest BCUT2D eigenvalue weighted by molar-refractivity contribution is 0.0929. The summed E-state index contributed by atoms with van der Waals surface area (Å²) in [4.78, 5) is 16.0. The number of aromatic nitrogens is 1. The van der Waals surface area contributed by atoms with Crippen LogP contribution in [-0.2, 0) is 0 Å². The number of nitrogens with two attached hydrogens (primary N) is 1. The lowest BCUT2D eigenvalue weighted by Gasteiger charge is -2.17. The van der Waals surface area contributed by atoms with Crippen LogP contribution in [0.15, 0.2) is 18.3 Å². The summed E-state index contributed by atoms with van der Waals surface area (Å²) in [5.74, 6) is -0.111. The molecule has 1 aliphatic rings. The van der Waals surface area contributed by atoms with Crippen molar-refractivity contribution in [2.24, 2.45) is 5.73 Å². The Morgan fingerprint density at radius 3 is 3.00 bits per heavy atom. The van der Waals surface area contributed by atoms with Gasteiger partial charge in [0.05, 0.1) is 0 Å². The van der Waals surface area contributed by atoms with Gasteiger partial charge in [0.25, 0.3) is 5.91 Å². The van der Waals surface area contributed by atoms with E-state index in [1.807, 2.05) is 19.1 Å². The Morgan fingerprint density at radius 1 is 1.56 bits per heavy atom. The fourth-order valence-corrected chi connectivity index (χ4v) is 2.13. The van der Waals surface area contributed by atoms with Gasteiger partial charge in [0.1, 0.15) is 5.69 Å². The highest BCUT2D eigenvalue weighted by molar-refractivity contribution is 5.93. The SMILES string of the molecule is Cc1cccnc1C(=O)NC1CCCC1N. The number of pyridine rings is 1. The van der Waals surface area contributed by atoms with E-state index in [-0.39, 0.29) is 18.0 Å². The fraction of sp³-hybridized carbons (Fsp3) is 0.500. The second-order valence-electron chi connectivity index (χ2n) is 4.34. The summed E-state index contributed by atoms with van der Waals surface area (Å²) in [6.07, 6.45) is 4.69. The molecule has 4 heteroatoms. The molecule has 2 rings (SSSR count). The van der Waals surface area contributed by atoms with Gasteiger partial charge in [0, 0.05) is 18.3 Å². The first-order chi connectivity index (χ1) is 7.68. The van der Waals surface area contributed by atoms with Crippen molar-refractivity contribution < 1.29 is 4.79 Å². The molecule has 1 aromatic heterocycles. The molecule has 1 fully saturated rings. The maximum atomic E-state index is 11.9. The normalized spacial score (nSPS) is 24.4. The minimum absolute atomic E-state index is 0.0907. The molecule has 1 amide bonds. The summed E-state index contributed by atoms with van der Waals surface area (Å²) in [6.45, 7) is 1.89. The largest absolute Gasteiger partial charge is 0.346 e. The first-order valence-corrected chi connectivity index (χ1v) is 5.66. The van der Waals surface area contributed by atoms with Gasteiger partial charge in [-0.15, -0.1) is 0 Å². The molecule has 0 radical (unpaired) electrons. The van der Waals surface area contributed by atoms with Crippen LogP contribution < -0.4 is 11.1 Å². The van der Waals surface area contributed by atoms with Crippen LogP contribution in [0, 0.1) is 6.92 Å². The van der Waals surface area contributed by atoms with Crippen molar-refractivity contribution in [1.29, 1.82) is 0 Å². The number of hydrogen-bond donors (Lipinski definition) is 2. The van der Waals surface area contributed by atoms with E-state index >= 15 is 0 Å². The molecule has 0 spiro atoms. The van der Waals surface area contributed by atoms with Crippen molar-refractivity contribution in [2.45, 2.75) is 38.3 Å². The zero-order valence-electron chi connectivity index (χ0n) is 9.44. The molecule has 1 aliphatic carbocycles. The highest BCUT2D eigenvalue weighted by atomic mass is 16.1. The first kappa shape index (κ1) is 11.1. The minimum atomic E-state index is -0.111. The average molecular weight is 219 g/mol. The molecular weight excluding hydrogens is 202 g/mol. The van der Waals surface area contributed by atoms with E-state index in [9.17, 15) is 4.79 Å². The van der Waals surface area contributed by atoms with E-state index in [1.165, 1.54) is 0 Å². The monoisotopic (exact) mass is 219 g/mol. The molecule has 3 N–H and O–H groups in total. The number of nitrogens with one attached hydrogen (secondary N) is 1. The average Bonchev–Trinajstić information content (AvgIpc) is 2.65. The second-order valence-corrected chi connectivity index (χ2v) is 4.34. The molecule has 1 saturated carbocycles. The molecule has 0 aliphatic heterocycles. The van der Waals surface area contributed by atoms with Crippen molar-refractivity contribution in [2.75, 3.05) is 0 Å². The van der Waals surface area contributed by atoms with Gasteiger partial charge in [-0.3, -0.25) is 9.78 Å². The standard InChI is InChI=1S/C12H17N3O/c1-8-4-3-7-14-11(8)12(16)15-10-6-2-5-9(10)13/h3-4,7,9-10H,2,5-6,13H2,1H3,(H,15,16). The molecule has 0 aromatic carbocycles. The zero-order chi connectivity index (χ0) is 11.5. The third-order valence-electron chi connectivity index (χ3n) is 3.11. The lowest BCUT2D eigenvalue weighted by atomic mass is 10.1. The highest BCUT2D eigenvalue weighted by Crippen LogP contribution is 2.17. The number of amides is 1. The number of carbonyl (C=O) groups excluding carboxylic acids is 1. The molecule has 0 saturated heterocycles. The number of rotatable bonds is 2. The maximum absolute atomic E-state index is 11.9. The molecule has 2 atom stereocenters. The van der Waals surface area contributed by atoms with Crippen LogP contribution in [0.2, 0.25) is 0 Å². The molecule has 2 unspecified atom stereocenters. The van der Waals surface area contributed by atoms with Crippen LogP contribution in [0.5, 0.6) is 0 Å². The number of hydrogen-bond acceptors (Lipinski definition) is 3. The Morgan fingerprint density at radius 2 is 2.38 bits per heavy atom. The third-order valence-corrected chi connectivity index (χ3v) is 3.11. The summed E-state index contributed by atoms with van der Waals surface area (Å²) in [5, 5.41) is 2.96. The van der Waals surface area contributed by atoms with Gasteiger partial charge in [-0.1, -0.05) is 6.07 Å². The van der Waals surface area contributed by atoms with Gasteiger partial charge in [-0.05, 0) is 37.8 Å². The van der Waals surface area contributed by atoms with E-state index in [0.29, 0.717) is 5.69 Å². The zero-order valence-corrected chi connectivity index (χ0v) is 9.44. The van der Waals surface area contributed by atoms with E-state index in [0.717, 1.165) is 24.8 Å². The minimum Gasteiger partial charge on any atom is -0.346 e. The van der Waals surface area contributed by atoms with Gasteiger partial charge in [0.2, 0.25) is 0 Å². The fourth-order valence-electron chi connectivity index (χ4n) is 2.13. The third kappa shape index (κ3) is 2.22. The predicted octanol–water partition coefficient (Wildman–Crippen LogP) is 1.000. The van der Waals surface area contributed by atoms with Crippen LogP contribution in [-0.4, -0.2) is 23.0 Å². The van der Waals surface area contributed by atoms with Gasteiger partial charge in [-0.2, -0.15) is 0 Å². The van der Waals surface area contributed by atoms with E-state index in [2.05, 4.69) is 10.3 Å². The topological polar surface area (TPSA) is 68.0 Å². The van der Waals surface area contributed by atoms with Crippen LogP contribution >= 0.6 is 0 Å². The molecule has 16 heavy (non-hydrogen) atoms. The molecule has 1 aromatic rings. The summed E-state index contributed by atoms with van der Waals surface area (Å²) in [7, 11) is 0. The van der Waals surface area contributed by atoms with Crippen LogP contribution in [0.4, 0.5) is 0 Å². The summed E-state index contributed by atoms with van der Waals surface area (Å²) >= 11 is 0. The van der Waals surface area contributed by atoms with Crippen molar-refractivity contribution >= 4 is 5.91 Å². The summed E-state index contributed by atoms with van der Waals surface area (Å²) in [5.41, 5.74) is 7.30. The van der Waals surface area contributed by atoms with Crippen molar-refractivity contribution in [3.63, 3.8) is 0 Å². The van der Waals surface area contributed by atoms with Crippen LogP contribution in [0.3, 0.4) is 0 Å². The summed E-state index contributed by atoms with van der Waals surface area (Å²) in [6, 6.07) is 3.91. The van der Waals surface area contributed by atoms with Crippen molar-refractivity contribution in [3.8, 4) is 0 Å². The Hall–Kier alpha value is -1.42. The molecular formula is C12H17N3O. The van der Waals surface area contributed by atoms with Crippen molar-refractivity contribution in [1.82, 2.24) is 10.3 Å². The molecule has 1 heterocycles. The van der Waals surface area contributed by atoms with E-state index in [1.54, 1.807) is 6.20 Å². The first-order valence-electron chi connectivity index (χ1n) is 5.66. The van der Waals surface area contributed by atoms with Crippen molar-refractivity contribution in [3.05, 3.63) is 29.6 Å². The number of nitrogens with zero attached hydrogens (tertiary/aromatic N) is 1. The Labute approximate surface area is 95.3 Å². The lowest BCUT2D eigenvalue weighted by Crippen LogP contribution is -2.44. The van der Waals surface area contributed by atoms with E-state index < -0.39 is 0 Å². The smallest absolute Gasteiger partial charge is 0.270 e. The van der Waals surface area contributed by atoms with E-state index in [4.69, 9.17) is 5.73 Å². The molecule has 86 valence electrons. The van der Waals surface area contributed by atoms with Gasteiger partial charge >= 0.3 is 0 Å². The van der Waals surface area contributed by atoms with Crippen LogP contribution in [0.1, 0.15) is 35.3 Å². The van der Waals surface area contributed by atoms with Gasteiger partial charge in [-0.25, -0.2) is 0 Å². The highest BCUT2D eigenvalue weighted by Gasteiger charge is 2.26. The summed E-state index contributed by atoms with van der Waals surface area (Å²) < 4.78 is 0. The maximum Gasteiger partial charge on any atom is 0.270 e. The second kappa shape index (κ2) is 4.61. The van der Waals surface area contributed by atoms with Gasteiger partial charge in [0.15, 0.2) is 0 Å². The molecule has 4 nitrogen and oxygen atoms in total. The Balaban J connectivity index is 2.06. The van der Waals surface area contributed by atoms with Crippen LogP contribution in [0.25, 0.3) is 0 Å². The quantitative estimate of drug-likeness (QED) is 0.779. The Kier molecular flexibility index (Phi) is 3.19. The number of aryl methyl sites for hydroxylation is 1.